The van der Waals surface area contributed by atoms with E-state index in [2.05, 4.69) is 12.2 Å². The number of unbranched alkanes of at least 4 members (excludes halogenated alkanes) is 4. The van der Waals surface area contributed by atoms with Gasteiger partial charge in [-0.2, -0.15) is 13.2 Å². The Kier molecular flexibility index (Phi) is 9.26. The molecule has 2 aliphatic rings. The summed E-state index contributed by atoms with van der Waals surface area (Å²) < 4.78 is 51.5. The van der Waals surface area contributed by atoms with Crippen LogP contribution in [-0.2, 0) is 4.79 Å². The number of nitrogens with zero attached hydrogens (tertiary/aromatic N) is 1. The number of fused-ring (bicyclic) bond motifs is 1. The molecule has 1 fully saturated rings. The summed E-state index contributed by atoms with van der Waals surface area (Å²) in [5, 5.41) is 13.9. The van der Waals surface area contributed by atoms with Crippen LogP contribution in [0.1, 0.15) is 70.0 Å². The Morgan fingerprint density at radius 2 is 1.91 bits per heavy atom. The van der Waals surface area contributed by atoms with E-state index in [1.807, 2.05) is 0 Å². The maximum Gasteiger partial charge on any atom is 0.404 e. The molecule has 0 radical (unpaired) electrons. The van der Waals surface area contributed by atoms with Crippen molar-refractivity contribution in [3.8, 4) is 11.5 Å². The molecule has 2 aliphatic heterocycles. The van der Waals surface area contributed by atoms with Crippen LogP contribution >= 0.6 is 0 Å². The molecular formula is C24H35F3N2O4. The van der Waals surface area contributed by atoms with Crippen molar-refractivity contribution in [2.75, 3.05) is 26.3 Å². The summed E-state index contributed by atoms with van der Waals surface area (Å²) in [4.78, 5) is 13.9. The molecule has 1 amide bonds. The molecule has 0 aromatic heterocycles. The van der Waals surface area contributed by atoms with Gasteiger partial charge in [0.05, 0.1) is 6.04 Å². The minimum atomic E-state index is -4.34. The largest absolute Gasteiger partial charge is 0.486 e. The summed E-state index contributed by atoms with van der Waals surface area (Å²) in [6, 6.07) is 2.53. The fourth-order valence-corrected chi connectivity index (χ4v) is 4.54. The third-order valence-corrected chi connectivity index (χ3v) is 6.32. The van der Waals surface area contributed by atoms with Crippen LogP contribution in [0, 0.1) is 0 Å². The number of aliphatic hydroxyl groups excluding tert-OH is 1. The lowest BCUT2D eigenvalue weighted by molar-refractivity contribution is -0.177. The summed E-state index contributed by atoms with van der Waals surface area (Å²) in [7, 11) is 0. The number of ether oxygens (including phenoxy) is 2. The number of amides is 1. The van der Waals surface area contributed by atoms with Crippen LogP contribution in [0.15, 0.2) is 18.2 Å². The van der Waals surface area contributed by atoms with E-state index in [0.717, 1.165) is 25.7 Å². The van der Waals surface area contributed by atoms with E-state index in [1.54, 1.807) is 18.2 Å². The lowest BCUT2D eigenvalue weighted by atomic mass is 10.00. The summed E-state index contributed by atoms with van der Waals surface area (Å²) in [5.74, 6) is 0.783. The predicted octanol–water partition coefficient (Wildman–Crippen LogP) is 4.36. The number of hydrogen-bond acceptors (Lipinski definition) is 5. The molecule has 33 heavy (non-hydrogen) atoms. The monoisotopic (exact) mass is 472 g/mol. The lowest BCUT2D eigenvalue weighted by Gasteiger charge is -2.33. The predicted molar refractivity (Wildman–Crippen MR) is 118 cm³/mol. The van der Waals surface area contributed by atoms with Crippen LogP contribution in [0.4, 0.5) is 13.2 Å². The summed E-state index contributed by atoms with van der Waals surface area (Å²) in [6.07, 6.45) is 0.139. The average molecular weight is 473 g/mol. The van der Waals surface area contributed by atoms with Gasteiger partial charge in [0.1, 0.15) is 25.4 Å². The van der Waals surface area contributed by atoms with Gasteiger partial charge in [-0.25, -0.2) is 0 Å². The maximum absolute atomic E-state index is 13.5. The highest BCUT2D eigenvalue weighted by molar-refractivity contribution is 5.76. The zero-order chi connectivity index (χ0) is 23.8. The van der Waals surface area contributed by atoms with Gasteiger partial charge in [0.2, 0.25) is 5.91 Å². The third kappa shape index (κ3) is 7.24. The molecule has 0 bridgehead atoms. The van der Waals surface area contributed by atoms with E-state index >= 15 is 0 Å². The quantitative estimate of drug-likeness (QED) is 0.468. The highest BCUT2D eigenvalue weighted by Crippen LogP contribution is 2.35. The third-order valence-electron chi connectivity index (χ3n) is 6.32. The fourth-order valence-electron chi connectivity index (χ4n) is 4.54. The number of carbonyl (C=O) groups is 1. The number of benzene rings is 1. The number of carbonyl (C=O) groups excluding carboxylic acids is 1. The first-order chi connectivity index (χ1) is 15.8. The second kappa shape index (κ2) is 11.9. The summed E-state index contributed by atoms with van der Waals surface area (Å²) in [5.41, 5.74) is 0.468. The first-order valence-electron chi connectivity index (χ1n) is 12.0. The highest BCUT2D eigenvalue weighted by Gasteiger charge is 2.46. The zero-order valence-electron chi connectivity index (χ0n) is 19.2. The summed E-state index contributed by atoms with van der Waals surface area (Å²) in [6.45, 7) is 3.12. The molecule has 1 aromatic rings. The number of likely N-dealkylation sites (tertiary alicyclic amines) is 1. The van der Waals surface area contributed by atoms with Gasteiger partial charge in [-0.15, -0.1) is 0 Å². The summed E-state index contributed by atoms with van der Waals surface area (Å²) >= 11 is 0. The fraction of sp³-hybridized carbons (Fsp3) is 0.708. The van der Waals surface area contributed by atoms with Crippen molar-refractivity contribution in [3.63, 3.8) is 0 Å². The van der Waals surface area contributed by atoms with Crippen molar-refractivity contribution in [3.05, 3.63) is 23.8 Å². The van der Waals surface area contributed by atoms with Crippen molar-refractivity contribution in [1.82, 2.24) is 10.2 Å². The standard InChI is InChI=1S/C24H35F3N2O4/c1-2-3-4-5-6-9-22(30)28-18(16-29-12-7-8-21(29)24(25,26)27)23(31)17-10-11-19-20(15-17)33-14-13-32-19/h10-11,15,18,21,23,31H,2-9,12-14,16H2,1H3,(H,28,30)/t18-,21+,23?/m1/s1. The molecule has 9 heteroatoms. The normalized spacial score (nSPS) is 20.5. The molecule has 1 aromatic carbocycles. The SMILES string of the molecule is CCCCCCCC(=O)N[C@H](CN1CCC[C@H]1C(F)(F)F)C(O)c1ccc2c(c1)OCCO2. The van der Waals surface area contributed by atoms with Gasteiger partial charge in [-0.3, -0.25) is 9.69 Å². The van der Waals surface area contributed by atoms with Gasteiger partial charge in [0.25, 0.3) is 0 Å². The van der Waals surface area contributed by atoms with Crippen molar-refractivity contribution >= 4 is 5.91 Å². The molecule has 0 spiro atoms. The number of alkyl halides is 3. The van der Waals surface area contributed by atoms with Gasteiger partial charge in [-0.1, -0.05) is 38.7 Å². The number of rotatable bonds is 11. The van der Waals surface area contributed by atoms with E-state index in [-0.39, 0.29) is 31.8 Å². The van der Waals surface area contributed by atoms with Gasteiger partial charge < -0.3 is 19.9 Å². The zero-order valence-corrected chi connectivity index (χ0v) is 19.2. The van der Waals surface area contributed by atoms with Crippen LogP contribution in [0.25, 0.3) is 0 Å². The van der Waals surface area contributed by atoms with Crippen molar-refractivity contribution in [2.45, 2.75) is 82.7 Å². The Balaban J connectivity index is 1.71. The van der Waals surface area contributed by atoms with E-state index in [0.29, 0.717) is 43.1 Å². The van der Waals surface area contributed by atoms with Crippen LogP contribution in [0.3, 0.4) is 0 Å². The lowest BCUT2D eigenvalue weighted by Crippen LogP contribution is -2.51. The number of nitrogens with one attached hydrogen (secondary N) is 1. The van der Waals surface area contributed by atoms with Gasteiger partial charge in [0, 0.05) is 13.0 Å². The van der Waals surface area contributed by atoms with Crippen molar-refractivity contribution in [1.29, 1.82) is 0 Å². The molecule has 186 valence electrons. The van der Waals surface area contributed by atoms with Crippen molar-refractivity contribution in [2.24, 2.45) is 0 Å². The van der Waals surface area contributed by atoms with Crippen LogP contribution in [-0.4, -0.2) is 60.5 Å². The van der Waals surface area contributed by atoms with Crippen LogP contribution in [0.2, 0.25) is 0 Å². The Morgan fingerprint density at radius 3 is 2.64 bits per heavy atom. The van der Waals surface area contributed by atoms with Crippen LogP contribution in [0.5, 0.6) is 11.5 Å². The van der Waals surface area contributed by atoms with Crippen LogP contribution < -0.4 is 14.8 Å². The second-order valence-corrected chi connectivity index (χ2v) is 8.88. The minimum Gasteiger partial charge on any atom is -0.486 e. The van der Waals surface area contributed by atoms with Crippen molar-refractivity contribution < 1.29 is 32.5 Å². The minimum absolute atomic E-state index is 0.0295. The van der Waals surface area contributed by atoms with Gasteiger partial charge in [0.15, 0.2) is 11.5 Å². The van der Waals surface area contributed by atoms with Gasteiger partial charge >= 0.3 is 6.18 Å². The molecule has 3 rings (SSSR count). The Labute approximate surface area is 193 Å². The molecule has 2 N–H and O–H groups in total. The Morgan fingerprint density at radius 1 is 1.18 bits per heavy atom. The van der Waals surface area contributed by atoms with E-state index in [1.165, 1.54) is 4.90 Å². The number of aliphatic hydroxyl groups is 1. The molecule has 0 saturated carbocycles. The Bertz CT molecular complexity index is 775. The molecular weight excluding hydrogens is 437 g/mol. The van der Waals surface area contributed by atoms with E-state index < -0.39 is 24.4 Å². The molecule has 0 aliphatic carbocycles. The highest BCUT2D eigenvalue weighted by atomic mass is 19.4. The molecule has 2 heterocycles. The first-order valence-corrected chi connectivity index (χ1v) is 12.0. The average Bonchev–Trinajstić information content (AvgIpc) is 3.26. The molecule has 6 nitrogen and oxygen atoms in total. The first kappa shape index (κ1) is 25.6. The maximum atomic E-state index is 13.5. The number of halogens is 3. The van der Waals surface area contributed by atoms with E-state index in [9.17, 15) is 23.1 Å². The smallest absolute Gasteiger partial charge is 0.404 e. The Hall–Kier alpha value is -2.00. The molecule has 1 unspecified atom stereocenters. The van der Waals surface area contributed by atoms with Gasteiger partial charge in [-0.05, 0) is 43.5 Å². The van der Waals surface area contributed by atoms with E-state index in [4.69, 9.17) is 9.47 Å². The molecule has 1 saturated heterocycles. The second-order valence-electron chi connectivity index (χ2n) is 8.88. The number of hydrogen-bond donors (Lipinski definition) is 2. The topological polar surface area (TPSA) is 71.0 Å². The molecule has 3 atom stereocenters.